The highest BCUT2D eigenvalue weighted by Gasteiger charge is 2.13. The number of hydrogen-bond donors (Lipinski definition) is 0. The van der Waals surface area contributed by atoms with Gasteiger partial charge >= 0.3 is 17.9 Å². The Bertz CT molecular complexity index is 309. The summed E-state index contributed by atoms with van der Waals surface area (Å²) in [5.74, 6) is -1.62. The highest BCUT2D eigenvalue weighted by Crippen LogP contribution is 2.05. The minimum Gasteiger partial charge on any atom is -0.460 e. The summed E-state index contributed by atoms with van der Waals surface area (Å²) in [5, 5.41) is 0. The van der Waals surface area contributed by atoms with E-state index in [-0.39, 0.29) is 12.8 Å². The van der Waals surface area contributed by atoms with Crippen molar-refractivity contribution in [1.82, 2.24) is 0 Å². The number of unbranched alkanes of at least 4 members (excludes halogenated alkanes) is 1. The lowest BCUT2D eigenvalue weighted by atomic mass is 10.2. The van der Waals surface area contributed by atoms with Crippen molar-refractivity contribution >= 4 is 17.9 Å². The van der Waals surface area contributed by atoms with Crippen molar-refractivity contribution in [2.75, 3.05) is 0 Å². The standard InChI is InChI=1S/C13H20O5/c1-4-6-7-12(15)18-13(16)9-8-10(3)17-11(14)5-2/h5,10H,2,4,6-9H2,1,3H3. The van der Waals surface area contributed by atoms with Crippen LogP contribution in [0.2, 0.25) is 0 Å². The molecule has 0 saturated carbocycles. The topological polar surface area (TPSA) is 69.7 Å². The predicted octanol–water partition coefficient (Wildman–Crippen LogP) is 2.14. The third-order valence-electron chi connectivity index (χ3n) is 2.20. The number of rotatable bonds is 8. The zero-order chi connectivity index (χ0) is 14.0. The average molecular weight is 256 g/mol. The van der Waals surface area contributed by atoms with Gasteiger partial charge in [0.1, 0.15) is 0 Å². The molecule has 0 aliphatic heterocycles. The lowest BCUT2D eigenvalue weighted by Gasteiger charge is -2.10. The molecule has 1 atom stereocenters. The van der Waals surface area contributed by atoms with Crippen LogP contribution in [0.15, 0.2) is 12.7 Å². The van der Waals surface area contributed by atoms with Gasteiger partial charge < -0.3 is 9.47 Å². The summed E-state index contributed by atoms with van der Waals surface area (Å²) < 4.78 is 9.47. The third-order valence-corrected chi connectivity index (χ3v) is 2.20. The van der Waals surface area contributed by atoms with Crippen molar-refractivity contribution in [2.24, 2.45) is 0 Å². The van der Waals surface area contributed by atoms with Gasteiger partial charge in [-0.2, -0.15) is 0 Å². The van der Waals surface area contributed by atoms with Crippen molar-refractivity contribution in [1.29, 1.82) is 0 Å². The maximum absolute atomic E-state index is 11.3. The molecule has 0 aliphatic carbocycles. The Balaban J connectivity index is 3.78. The van der Waals surface area contributed by atoms with Crippen LogP contribution >= 0.6 is 0 Å². The lowest BCUT2D eigenvalue weighted by molar-refractivity contribution is -0.161. The monoisotopic (exact) mass is 256 g/mol. The summed E-state index contributed by atoms with van der Waals surface area (Å²) in [6.07, 6.45) is 2.85. The summed E-state index contributed by atoms with van der Waals surface area (Å²) in [4.78, 5) is 33.3. The Hall–Kier alpha value is -1.65. The van der Waals surface area contributed by atoms with Crippen LogP contribution in [0, 0.1) is 0 Å². The Morgan fingerprint density at radius 2 is 1.83 bits per heavy atom. The van der Waals surface area contributed by atoms with E-state index in [0.29, 0.717) is 12.8 Å². The molecule has 1 unspecified atom stereocenters. The second-order valence-corrected chi connectivity index (χ2v) is 3.94. The molecule has 5 heteroatoms. The molecule has 0 fully saturated rings. The molecule has 0 aromatic carbocycles. The second kappa shape index (κ2) is 9.39. The van der Waals surface area contributed by atoms with Crippen LogP contribution in [0.25, 0.3) is 0 Å². The molecule has 5 nitrogen and oxygen atoms in total. The zero-order valence-electron chi connectivity index (χ0n) is 10.9. The van der Waals surface area contributed by atoms with Crippen molar-refractivity contribution in [3.8, 4) is 0 Å². The Labute approximate surface area is 107 Å². The first-order valence-electron chi connectivity index (χ1n) is 6.06. The van der Waals surface area contributed by atoms with Crippen LogP contribution < -0.4 is 0 Å². The summed E-state index contributed by atoms with van der Waals surface area (Å²) in [6.45, 7) is 6.88. The Morgan fingerprint density at radius 1 is 1.22 bits per heavy atom. The highest BCUT2D eigenvalue weighted by molar-refractivity contribution is 5.85. The first kappa shape index (κ1) is 16.4. The normalized spacial score (nSPS) is 11.4. The van der Waals surface area contributed by atoms with E-state index >= 15 is 0 Å². The molecular formula is C13H20O5. The van der Waals surface area contributed by atoms with E-state index < -0.39 is 24.0 Å². The molecule has 0 bridgehead atoms. The fourth-order valence-corrected chi connectivity index (χ4v) is 1.18. The molecule has 0 aromatic rings. The number of ether oxygens (including phenoxy) is 2. The maximum atomic E-state index is 11.3. The number of esters is 3. The first-order chi connectivity index (χ1) is 8.49. The first-order valence-corrected chi connectivity index (χ1v) is 6.06. The third kappa shape index (κ3) is 8.50. The van der Waals surface area contributed by atoms with Crippen LogP contribution in [0.5, 0.6) is 0 Å². The number of hydrogen-bond acceptors (Lipinski definition) is 5. The molecule has 0 N–H and O–H groups in total. The fraction of sp³-hybridized carbons (Fsp3) is 0.615. The van der Waals surface area contributed by atoms with Gasteiger partial charge in [-0.1, -0.05) is 19.9 Å². The summed E-state index contributed by atoms with van der Waals surface area (Å²) in [5.41, 5.74) is 0. The van der Waals surface area contributed by atoms with E-state index in [1.807, 2.05) is 6.92 Å². The molecule has 0 spiro atoms. The van der Waals surface area contributed by atoms with Gasteiger partial charge in [-0.25, -0.2) is 4.79 Å². The van der Waals surface area contributed by atoms with Crippen molar-refractivity contribution in [3.63, 3.8) is 0 Å². The van der Waals surface area contributed by atoms with Gasteiger partial charge in [-0.15, -0.1) is 0 Å². The van der Waals surface area contributed by atoms with Crippen molar-refractivity contribution < 1.29 is 23.9 Å². The minimum atomic E-state index is -0.586. The predicted molar refractivity (Wildman–Crippen MR) is 65.6 cm³/mol. The van der Waals surface area contributed by atoms with Gasteiger partial charge in [-0.3, -0.25) is 9.59 Å². The van der Waals surface area contributed by atoms with Gasteiger partial charge in [0.2, 0.25) is 0 Å². The van der Waals surface area contributed by atoms with Crippen LogP contribution in [-0.2, 0) is 23.9 Å². The largest absolute Gasteiger partial charge is 0.460 e. The summed E-state index contributed by atoms with van der Waals surface area (Å²) in [7, 11) is 0. The van der Waals surface area contributed by atoms with Gasteiger partial charge in [0, 0.05) is 18.9 Å². The van der Waals surface area contributed by atoms with E-state index in [2.05, 4.69) is 11.3 Å². The van der Waals surface area contributed by atoms with Gasteiger partial charge in [-0.05, 0) is 19.8 Å². The van der Waals surface area contributed by atoms with Crippen LogP contribution in [0.4, 0.5) is 0 Å². The van der Waals surface area contributed by atoms with Gasteiger partial charge in [0.15, 0.2) is 0 Å². The number of carbonyl (C=O) groups is 3. The molecule has 102 valence electrons. The molecular weight excluding hydrogens is 236 g/mol. The number of carbonyl (C=O) groups excluding carboxylic acids is 3. The molecule has 0 amide bonds. The minimum absolute atomic E-state index is 0.0451. The van der Waals surface area contributed by atoms with Gasteiger partial charge in [0.25, 0.3) is 0 Å². The Kier molecular flexibility index (Phi) is 8.53. The second-order valence-electron chi connectivity index (χ2n) is 3.94. The van der Waals surface area contributed by atoms with Gasteiger partial charge in [0.05, 0.1) is 6.10 Å². The smallest absolute Gasteiger partial charge is 0.330 e. The average Bonchev–Trinajstić information content (AvgIpc) is 2.33. The SMILES string of the molecule is C=CC(=O)OC(C)CCC(=O)OC(=O)CCCC. The molecule has 0 heterocycles. The van der Waals surface area contributed by atoms with Crippen LogP contribution in [-0.4, -0.2) is 24.0 Å². The fourth-order valence-electron chi connectivity index (χ4n) is 1.18. The Morgan fingerprint density at radius 3 is 2.39 bits per heavy atom. The summed E-state index contributed by atoms with van der Waals surface area (Å²) in [6, 6.07) is 0. The van der Waals surface area contributed by atoms with E-state index in [0.717, 1.165) is 12.5 Å². The highest BCUT2D eigenvalue weighted by atomic mass is 16.6. The van der Waals surface area contributed by atoms with Crippen molar-refractivity contribution in [2.45, 2.75) is 52.1 Å². The summed E-state index contributed by atoms with van der Waals surface area (Å²) >= 11 is 0. The van der Waals surface area contributed by atoms with Crippen molar-refractivity contribution in [3.05, 3.63) is 12.7 Å². The molecule has 0 aliphatic rings. The van der Waals surface area contributed by atoms with E-state index in [1.54, 1.807) is 6.92 Å². The van der Waals surface area contributed by atoms with Crippen LogP contribution in [0.1, 0.15) is 46.0 Å². The molecule has 0 aromatic heterocycles. The quantitative estimate of drug-likeness (QED) is 0.378. The van der Waals surface area contributed by atoms with Crippen LogP contribution in [0.3, 0.4) is 0 Å². The molecule has 0 rings (SSSR count). The zero-order valence-corrected chi connectivity index (χ0v) is 10.9. The van der Waals surface area contributed by atoms with E-state index in [9.17, 15) is 14.4 Å². The lowest BCUT2D eigenvalue weighted by Crippen LogP contribution is -2.17. The molecule has 0 radical (unpaired) electrons. The molecule has 18 heavy (non-hydrogen) atoms. The van der Waals surface area contributed by atoms with E-state index in [4.69, 9.17) is 4.74 Å². The van der Waals surface area contributed by atoms with E-state index in [1.165, 1.54) is 0 Å². The maximum Gasteiger partial charge on any atom is 0.330 e. The molecule has 0 saturated heterocycles.